The normalized spacial score (nSPS) is 20.1. The first-order valence-corrected chi connectivity index (χ1v) is 6.58. The summed E-state index contributed by atoms with van der Waals surface area (Å²) < 4.78 is 32.0. The van der Waals surface area contributed by atoms with Crippen molar-refractivity contribution < 1.29 is 13.5 Å². The van der Waals surface area contributed by atoms with Crippen LogP contribution in [0.3, 0.4) is 0 Å². The van der Waals surface area contributed by atoms with E-state index in [1.54, 1.807) is 7.11 Å². The minimum atomic E-state index is -0.485. The molecular formula is C14H20F2N2O. The summed E-state index contributed by atoms with van der Waals surface area (Å²) in [6.45, 7) is 3.76. The van der Waals surface area contributed by atoms with Crippen molar-refractivity contribution in [2.75, 3.05) is 33.4 Å². The van der Waals surface area contributed by atoms with Crippen LogP contribution in [0.15, 0.2) is 18.2 Å². The van der Waals surface area contributed by atoms with Crippen LogP contribution < -0.4 is 5.32 Å². The van der Waals surface area contributed by atoms with Crippen LogP contribution in [0.2, 0.25) is 0 Å². The molecule has 1 aliphatic rings. The summed E-state index contributed by atoms with van der Waals surface area (Å²) in [5.74, 6) is -0.969. The lowest BCUT2D eigenvalue weighted by molar-refractivity contribution is 0.159. The molecule has 2 rings (SSSR count). The molecule has 1 N–H and O–H groups in total. The van der Waals surface area contributed by atoms with Crippen molar-refractivity contribution in [3.63, 3.8) is 0 Å². The maximum Gasteiger partial charge on any atom is 0.130 e. The van der Waals surface area contributed by atoms with Crippen LogP contribution in [0, 0.1) is 11.6 Å². The predicted molar refractivity (Wildman–Crippen MR) is 69.9 cm³/mol. The molecule has 0 radical (unpaired) electrons. The molecule has 0 amide bonds. The summed E-state index contributed by atoms with van der Waals surface area (Å²) in [5, 5.41) is 3.22. The molecule has 1 aromatic rings. The predicted octanol–water partition coefficient (Wildman–Crippen LogP) is 1.78. The molecule has 1 fully saturated rings. The zero-order valence-corrected chi connectivity index (χ0v) is 11.2. The van der Waals surface area contributed by atoms with Crippen LogP contribution in [0.1, 0.15) is 12.0 Å². The van der Waals surface area contributed by atoms with E-state index in [0.29, 0.717) is 6.61 Å². The monoisotopic (exact) mass is 270 g/mol. The Hall–Kier alpha value is -1.04. The maximum atomic E-state index is 13.5. The fourth-order valence-corrected chi connectivity index (χ4v) is 2.37. The van der Waals surface area contributed by atoms with E-state index in [9.17, 15) is 8.78 Å². The van der Waals surface area contributed by atoms with Crippen molar-refractivity contribution >= 4 is 0 Å². The first-order valence-electron chi connectivity index (χ1n) is 6.58. The third-order valence-corrected chi connectivity index (χ3v) is 3.51. The molecule has 5 heteroatoms. The molecule has 1 heterocycles. The molecule has 0 aromatic heterocycles. The van der Waals surface area contributed by atoms with Crippen molar-refractivity contribution in [2.45, 2.75) is 19.0 Å². The molecule has 0 aliphatic carbocycles. The van der Waals surface area contributed by atoms with Gasteiger partial charge in [0, 0.05) is 38.3 Å². The van der Waals surface area contributed by atoms with Gasteiger partial charge in [-0.1, -0.05) is 6.07 Å². The highest BCUT2D eigenvalue weighted by Gasteiger charge is 2.22. The Morgan fingerprint density at radius 2 is 2.11 bits per heavy atom. The van der Waals surface area contributed by atoms with Gasteiger partial charge in [0.25, 0.3) is 0 Å². The van der Waals surface area contributed by atoms with Gasteiger partial charge in [-0.3, -0.25) is 4.90 Å². The van der Waals surface area contributed by atoms with Gasteiger partial charge in [0.2, 0.25) is 0 Å². The molecule has 1 aromatic carbocycles. The SMILES string of the molecule is COCCN1CC[C@@H](NCc2c(F)cccc2F)C1. The highest BCUT2D eigenvalue weighted by molar-refractivity contribution is 5.19. The molecule has 106 valence electrons. The van der Waals surface area contributed by atoms with E-state index < -0.39 is 11.6 Å². The lowest BCUT2D eigenvalue weighted by Crippen LogP contribution is -2.33. The van der Waals surface area contributed by atoms with E-state index in [1.165, 1.54) is 18.2 Å². The van der Waals surface area contributed by atoms with Crippen molar-refractivity contribution in [2.24, 2.45) is 0 Å². The van der Waals surface area contributed by atoms with Crippen LogP contribution in [0.25, 0.3) is 0 Å². The van der Waals surface area contributed by atoms with Crippen molar-refractivity contribution in [3.05, 3.63) is 35.4 Å². The van der Waals surface area contributed by atoms with Crippen LogP contribution in [-0.4, -0.2) is 44.3 Å². The van der Waals surface area contributed by atoms with E-state index in [-0.39, 0.29) is 18.2 Å². The average molecular weight is 270 g/mol. The number of ether oxygens (including phenoxy) is 1. The number of hydrogen-bond acceptors (Lipinski definition) is 3. The zero-order chi connectivity index (χ0) is 13.7. The Labute approximate surface area is 112 Å². The van der Waals surface area contributed by atoms with Gasteiger partial charge in [0.15, 0.2) is 0 Å². The van der Waals surface area contributed by atoms with E-state index in [1.807, 2.05) is 0 Å². The van der Waals surface area contributed by atoms with Gasteiger partial charge in [-0.15, -0.1) is 0 Å². The standard InChI is InChI=1S/C14H20F2N2O/c1-19-8-7-18-6-5-11(10-18)17-9-12-13(15)3-2-4-14(12)16/h2-4,11,17H,5-10H2,1H3/t11-/m1/s1. The largest absolute Gasteiger partial charge is 0.383 e. The second kappa shape index (κ2) is 6.93. The fraction of sp³-hybridized carbons (Fsp3) is 0.571. The molecule has 0 saturated carbocycles. The van der Waals surface area contributed by atoms with E-state index in [4.69, 9.17) is 4.74 Å². The van der Waals surface area contributed by atoms with Crippen molar-refractivity contribution in [1.82, 2.24) is 10.2 Å². The minimum Gasteiger partial charge on any atom is -0.383 e. The van der Waals surface area contributed by atoms with Crippen LogP contribution in [0.4, 0.5) is 8.78 Å². The first-order chi connectivity index (χ1) is 9.20. The molecule has 19 heavy (non-hydrogen) atoms. The van der Waals surface area contributed by atoms with Crippen LogP contribution >= 0.6 is 0 Å². The Bertz CT molecular complexity index is 394. The number of nitrogens with zero attached hydrogens (tertiary/aromatic N) is 1. The molecule has 3 nitrogen and oxygen atoms in total. The number of benzene rings is 1. The van der Waals surface area contributed by atoms with Gasteiger partial charge in [-0.05, 0) is 25.1 Å². The number of likely N-dealkylation sites (tertiary alicyclic amines) is 1. The first kappa shape index (κ1) is 14.4. The van der Waals surface area contributed by atoms with Crippen molar-refractivity contribution in [1.29, 1.82) is 0 Å². The lowest BCUT2D eigenvalue weighted by atomic mass is 10.1. The summed E-state index contributed by atoms with van der Waals surface area (Å²) in [4.78, 5) is 2.29. The van der Waals surface area contributed by atoms with Gasteiger partial charge in [-0.25, -0.2) is 8.78 Å². The second-order valence-corrected chi connectivity index (χ2v) is 4.86. The summed E-state index contributed by atoms with van der Waals surface area (Å²) in [7, 11) is 1.69. The quantitative estimate of drug-likeness (QED) is 0.852. The number of hydrogen-bond donors (Lipinski definition) is 1. The average Bonchev–Trinajstić information content (AvgIpc) is 2.84. The second-order valence-electron chi connectivity index (χ2n) is 4.86. The highest BCUT2D eigenvalue weighted by Crippen LogP contribution is 2.14. The maximum absolute atomic E-state index is 13.5. The van der Waals surface area contributed by atoms with Gasteiger partial charge in [-0.2, -0.15) is 0 Å². The molecule has 1 atom stereocenters. The molecule has 0 bridgehead atoms. The molecule has 0 spiro atoms. The topological polar surface area (TPSA) is 24.5 Å². The lowest BCUT2D eigenvalue weighted by Gasteiger charge is -2.16. The van der Waals surface area contributed by atoms with Crippen LogP contribution in [-0.2, 0) is 11.3 Å². The fourth-order valence-electron chi connectivity index (χ4n) is 2.37. The van der Waals surface area contributed by atoms with Crippen molar-refractivity contribution in [3.8, 4) is 0 Å². The zero-order valence-electron chi connectivity index (χ0n) is 11.2. The van der Waals surface area contributed by atoms with E-state index in [2.05, 4.69) is 10.2 Å². The van der Waals surface area contributed by atoms with E-state index >= 15 is 0 Å². The third-order valence-electron chi connectivity index (χ3n) is 3.51. The molecular weight excluding hydrogens is 250 g/mol. The summed E-state index contributed by atoms with van der Waals surface area (Å²) in [5.41, 5.74) is 0.123. The number of halogens is 2. The van der Waals surface area contributed by atoms with Crippen LogP contribution in [0.5, 0.6) is 0 Å². The minimum absolute atomic E-state index is 0.123. The number of methoxy groups -OCH3 is 1. The Morgan fingerprint density at radius 3 is 2.79 bits per heavy atom. The molecule has 1 saturated heterocycles. The van der Waals surface area contributed by atoms with Gasteiger partial charge >= 0.3 is 0 Å². The van der Waals surface area contributed by atoms with E-state index in [0.717, 1.165) is 26.1 Å². The highest BCUT2D eigenvalue weighted by atomic mass is 19.1. The summed E-state index contributed by atoms with van der Waals surface area (Å²) >= 11 is 0. The number of rotatable bonds is 6. The van der Waals surface area contributed by atoms with Gasteiger partial charge in [0.05, 0.1) is 6.61 Å². The summed E-state index contributed by atoms with van der Waals surface area (Å²) in [6, 6.07) is 4.26. The summed E-state index contributed by atoms with van der Waals surface area (Å²) in [6.07, 6.45) is 1.000. The smallest absolute Gasteiger partial charge is 0.130 e. The Balaban J connectivity index is 1.80. The molecule has 0 unspecified atom stereocenters. The number of nitrogens with one attached hydrogen (secondary N) is 1. The molecule has 1 aliphatic heterocycles. The van der Waals surface area contributed by atoms with Gasteiger partial charge < -0.3 is 10.1 Å². The third kappa shape index (κ3) is 3.96. The Kier molecular flexibility index (Phi) is 5.24. The Morgan fingerprint density at radius 1 is 1.37 bits per heavy atom. The van der Waals surface area contributed by atoms with Gasteiger partial charge in [0.1, 0.15) is 11.6 Å².